The van der Waals surface area contributed by atoms with E-state index in [1.165, 1.54) is 17.4 Å². The van der Waals surface area contributed by atoms with Gasteiger partial charge in [-0.25, -0.2) is 4.79 Å². The fourth-order valence-electron chi connectivity index (χ4n) is 4.53. The van der Waals surface area contributed by atoms with Crippen molar-refractivity contribution in [3.63, 3.8) is 0 Å². The van der Waals surface area contributed by atoms with E-state index in [-0.39, 0.29) is 11.4 Å². The molecule has 5 nitrogen and oxygen atoms in total. The first-order valence-corrected chi connectivity index (χ1v) is 10.1. The number of fused-ring (bicyclic) bond motifs is 3. The summed E-state index contributed by atoms with van der Waals surface area (Å²) in [6, 6.07) is 8.56. The molecule has 144 valence electrons. The Labute approximate surface area is 161 Å². The summed E-state index contributed by atoms with van der Waals surface area (Å²) in [6.45, 7) is 12.1. The van der Waals surface area contributed by atoms with Gasteiger partial charge in [-0.1, -0.05) is 39.0 Å². The van der Waals surface area contributed by atoms with Gasteiger partial charge in [0.15, 0.2) is 0 Å². The maximum Gasteiger partial charge on any atom is 0.324 e. The molecule has 1 N–H and O–H groups in total. The quantitative estimate of drug-likeness (QED) is 0.876. The molecule has 0 aliphatic carbocycles. The van der Waals surface area contributed by atoms with Gasteiger partial charge in [0.05, 0.1) is 0 Å². The lowest BCUT2D eigenvalue weighted by Crippen LogP contribution is -2.53. The summed E-state index contributed by atoms with van der Waals surface area (Å²) in [5, 5.41) is 1.25. The van der Waals surface area contributed by atoms with Crippen LogP contribution in [0.1, 0.15) is 38.4 Å². The molecule has 27 heavy (non-hydrogen) atoms. The van der Waals surface area contributed by atoms with Crippen molar-refractivity contribution in [2.45, 2.75) is 32.6 Å². The fraction of sp³-hybridized carbons (Fsp3) is 0.500. The number of hydrogen-bond donors (Lipinski definition) is 1. The van der Waals surface area contributed by atoms with Crippen molar-refractivity contribution in [1.82, 2.24) is 19.7 Å². The van der Waals surface area contributed by atoms with Gasteiger partial charge >= 0.3 is 6.03 Å². The zero-order valence-corrected chi connectivity index (χ0v) is 16.7. The minimum absolute atomic E-state index is 0.127. The van der Waals surface area contributed by atoms with E-state index in [1.54, 1.807) is 0 Å². The summed E-state index contributed by atoms with van der Waals surface area (Å²) in [7, 11) is 0. The highest BCUT2D eigenvalue weighted by atomic mass is 16.2. The summed E-state index contributed by atoms with van der Waals surface area (Å²) in [6.07, 6.45) is 5.20. The van der Waals surface area contributed by atoms with E-state index >= 15 is 0 Å². The van der Waals surface area contributed by atoms with Gasteiger partial charge in [-0.15, -0.1) is 0 Å². The molecule has 4 rings (SSSR count). The molecule has 1 aromatic carbocycles. The molecule has 1 aromatic heterocycles. The normalized spacial score (nSPS) is 20.0. The molecule has 2 amide bonds. The van der Waals surface area contributed by atoms with Crippen LogP contribution in [0.5, 0.6) is 0 Å². The molecule has 0 saturated carbocycles. The Morgan fingerprint density at radius 2 is 1.89 bits per heavy atom. The largest absolute Gasteiger partial charge is 0.355 e. The van der Waals surface area contributed by atoms with E-state index < -0.39 is 0 Å². The van der Waals surface area contributed by atoms with E-state index in [0.717, 1.165) is 43.9 Å². The monoisotopic (exact) mass is 366 g/mol. The van der Waals surface area contributed by atoms with Gasteiger partial charge in [-0.2, -0.15) is 0 Å². The van der Waals surface area contributed by atoms with Crippen LogP contribution in [-0.2, 0) is 5.41 Å². The number of urea groups is 1. The number of aromatic nitrogens is 1. The third kappa shape index (κ3) is 3.36. The van der Waals surface area contributed by atoms with Crippen LogP contribution in [0.15, 0.2) is 30.5 Å². The van der Waals surface area contributed by atoms with E-state index in [2.05, 4.69) is 61.0 Å². The predicted molar refractivity (Wildman–Crippen MR) is 111 cm³/mol. The molecule has 0 unspecified atom stereocenters. The number of para-hydroxylation sites is 1. The Bertz CT molecular complexity index is 858. The topological polar surface area (TPSA) is 42.6 Å². The minimum Gasteiger partial charge on any atom is -0.355 e. The second-order valence-corrected chi connectivity index (χ2v) is 8.40. The first-order chi connectivity index (χ1) is 13.0. The third-order valence-electron chi connectivity index (χ3n) is 5.83. The Morgan fingerprint density at radius 1 is 1.15 bits per heavy atom. The second kappa shape index (κ2) is 7.04. The molecule has 0 spiro atoms. The molecule has 1 saturated heterocycles. The van der Waals surface area contributed by atoms with E-state index in [1.807, 2.05) is 16.0 Å². The number of nitrogens with zero attached hydrogens (tertiary/aromatic N) is 3. The summed E-state index contributed by atoms with van der Waals surface area (Å²) in [4.78, 5) is 23.0. The lowest BCUT2D eigenvalue weighted by atomic mass is 9.82. The molecule has 5 heteroatoms. The number of carbonyl (C=O) groups is 1. The average molecular weight is 367 g/mol. The van der Waals surface area contributed by atoms with E-state index in [4.69, 9.17) is 0 Å². The average Bonchev–Trinajstić information content (AvgIpc) is 2.98. The number of H-pyrrole nitrogens is 1. The number of piperazine rings is 1. The summed E-state index contributed by atoms with van der Waals surface area (Å²) >= 11 is 0. The number of hydrogen-bond acceptors (Lipinski definition) is 2. The molecule has 0 bridgehead atoms. The minimum atomic E-state index is -0.127. The predicted octanol–water partition coefficient (Wildman–Crippen LogP) is 3.88. The van der Waals surface area contributed by atoms with Crippen LogP contribution in [0.2, 0.25) is 0 Å². The number of rotatable bonds is 2. The summed E-state index contributed by atoms with van der Waals surface area (Å²) < 4.78 is 0. The molecule has 1 fully saturated rings. The standard InChI is InChI=1S/C22H30N4O/c1-4-10-24-12-14-25(15-13-24)21(27)26-11-9-19-20(22(2,3)16-26)17-7-5-6-8-18(17)23-19/h5-9,11,23H,4,10,12-16H2,1-3H3. The molecular formula is C22H30N4O. The van der Waals surface area contributed by atoms with Crippen molar-refractivity contribution in [1.29, 1.82) is 0 Å². The highest BCUT2D eigenvalue weighted by Gasteiger charge is 2.34. The van der Waals surface area contributed by atoms with Crippen LogP contribution in [0, 0.1) is 0 Å². The van der Waals surface area contributed by atoms with Crippen LogP contribution in [-0.4, -0.2) is 65.0 Å². The molecule has 0 atom stereocenters. The number of nitrogens with one attached hydrogen (secondary N) is 1. The van der Waals surface area contributed by atoms with Crippen LogP contribution in [0.25, 0.3) is 17.0 Å². The molecule has 2 aromatic rings. The van der Waals surface area contributed by atoms with E-state index in [0.29, 0.717) is 6.54 Å². The highest BCUT2D eigenvalue weighted by molar-refractivity contribution is 5.89. The highest BCUT2D eigenvalue weighted by Crippen LogP contribution is 2.37. The lowest BCUT2D eigenvalue weighted by molar-refractivity contribution is 0.119. The Balaban J connectivity index is 1.55. The van der Waals surface area contributed by atoms with Crippen molar-refractivity contribution < 1.29 is 4.79 Å². The molecule has 2 aliphatic rings. The first kappa shape index (κ1) is 18.1. The van der Waals surface area contributed by atoms with Crippen molar-refractivity contribution in [2.24, 2.45) is 0 Å². The number of amides is 2. The van der Waals surface area contributed by atoms with Crippen molar-refractivity contribution in [3.05, 3.63) is 41.7 Å². The van der Waals surface area contributed by atoms with Gasteiger partial charge in [0.2, 0.25) is 0 Å². The number of aromatic amines is 1. The summed E-state index contributed by atoms with van der Waals surface area (Å²) in [5.74, 6) is 0. The van der Waals surface area contributed by atoms with Crippen LogP contribution < -0.4 is 0 Å². The first-order valence-electron chi connectivity index (χ1n) is 10.1. The van der Waals surface area contributed by atoms with Gasteiger partial charge in [0, 0.05) is 60.9 Å². The summed E-state index contributed by atoms with van der Waals surface area (Å²) in [5.41, 5.74) is 3.45. The molecule has 2 aliphatic heterocycles. The second-order valence-electron chi connectivity index (χ2n) is 8.40. The molecular weight excluding hydrogens is 336 g/mol. The van der Waals surface area contributed by atoms with Crippen LogP contribution in [0.3, 0.4) is 0 Å². The van der Waals surface area contributed by atoms with E-state index in [9.17, 15) is 4.79 Å². The van der Waals surface area contributed by atoms with Crippen molar-refractivity contribution >= 4 is 23.0 Å². The smallest absolute Gasteiger partial charge is 0.324 e. The van der Waals surface area contributed by atoms with Crippen LogP contribution >= 0.6 is 0 Å². The van der Waals surface area contributed by atoms with Gasteiger partial charge < -0.3 is 14.8 Å². The van der Waals surface area contributed by atoms with Gasteiger partial charge in [0.1, 0.15) is 0 Å². The fourth-order valence-corrected chi connectivity index (χ4v) is 4.53. The number of carbonyl (C=O) groups excluding carboxylic acids is 1. The van der Waals surface area contributed by atoms with Gasteiger partial charge in [-0.05, 0) is 30.7 Å². The lowest BCUT2D eigenvalue weighted by Gasteiger charge is -2.38. The Kier molecular flexibility index (Phi) is 4.72. The third-order valence-corrected chi connectivity index (χ3v) is 5.83. The van der Waals surface area contributed by atoms with Gasteiger partial charge in [0.25, 0.3) is 0 Å². The zero-order valence-electron chi connectivity index (χ0n) is 16.7. The zero-order chi connectivity index (χ0) is 19.0. The maximum absolute atomic E-state index is 13.2. The Hall–Kier alpha value is -2.27. The Morgan fingerprint density at radius 3 is 2.63 bits per heavy atom. The molecule has 0 radical (unpaired) electrons. The van der Waals surface area contributed by atoms with Gasteiger partial charge in [-0.3, -0.25) is 4.90 Å². The maximum atomic E-state index is 13.2. The number of benzene rings is 1. The SMILES string of the molecule is CCCN1CCN(C(=O)N2C=Cc3[nH]c4ccccc4c3C(C)(C)C2)CC1. The van der Waals surface area contributed by atoms with Crippen molar-refractivity contribution in [2.75, 3.05) is 39.3 Å². The van der Waals surface area contributed by atoms with Crippen molar-refractivity contribution in [3.8, 4) is 0 Å². The van der Waals surface area contributed by atoms with Crippen LogP contribution in [0.4, 0.5) is 4.79 Å². The molecule has 3 heterocycles.